The zero-order chi connectivity index (χ0) is 23.9. The fourth-order valence-electron chi connectivity index (χ4n) is 4.04. The topological polar surface area (TPSA) is 97.1 Å². The predicted octanol–water partition coefficient (Wildman–Crippen LogP) is 3.75. The van der Waals surface area contributed by atoms with Gasteiger partial charge in [0.05, 0.1) is 17.3 Å². The number of hydrogen-bond acceptors (Lipinski definition) is 4. The van der Waals surface area contributed by atoms with E-state index < -0.39 is 0 Å². The van der Waals surface area contributed by atoms with Crippen LogP contribution in [0, 0.1) is 33.6 Å². The molecule has 1 unspecified atom stereocenters. The van der Waals surface area contributed by atoms with E-state index in [1.165, 1.54) is 10.1 Å². The van der Waals surface area contributed by atoms with Gasteiger partial charge in [0.1, 0.15) is 5.52 Å². The van der Waals surface area contributed by atoms with Crippen LogP contribution >= 0.6 is 0 Å². The molecule has 0 spiro atoms. The molecule has 2 N–H and O–H groups in total. The summed E-state index contributed by atoms with van der Waals surface area (Å²) in [5, 5.41) is 12.1. The van der Waals surface area contributed by atoms with Gasteiger partial charge in [-0.3, -0.25) is 14.3 Å². The second kappa shape index (κ2) is 8.69. The first-order valence-corrected chi connectivity index (χ1v) is 11.2. The molecule has 1 atom stereocenters. The van der Waals surface area contributed by atoms with E-state index in [-0.39, 0.29) is 23.4 Å². The first-order chi connectivity index (χ1) is 15.6. The number of amides is 1. The lowest BCUT2D eigenvalue weighted by Crippen LogP contribution is -2.33. The van der Waals surface area contributed by atoms with Crippen molar-refractivity contribution in [2.45, 2.75) is 47.6 Å². The van der Waals surface area contributed by atoms with Gasteiger partial charge >= 0.3 is 0 Å². The van der Waals surface area contributed by atoms with Crippen LogP contribution in [0.4, 0.5) is 0 Å². The Labute approximate surface area is 192 Å². The second-order valence-electron chi connectivity index (χ2n) is 9.05. The third kappa shape index (κ3) is 4.46. The highest BCUT2D eigenvalue weighted by atomic mass is 16.1. The number of nitrogens with zero attached hydrogens (tertiary/aromatic N) is 4. The molecular formula is C25H30N6O2. The number of rotatable bonds is 6. The first kappa shape index (κ1) is 22.5. The molecule has 3 heterocycles. The number of aromatic nitrogens is 5. The number of benzene rings is 1. The van der Waals surface area contributed by atoms with Gasteiger partial charge in [0.25, 0.3) is 11.5 Å². The largest absolute Gasteiger partial charge is 0.350 e. The average molecular weight is 447 g/mol. The van der Waals surface area contributed by atoms with E-state index in [0.717, 1.165) is 22.5 Å². The van der Waals surface area contributed by atoms with Crippen LogP contribution in [0.2, 0.25) is 0 Å². The van der Waals surface area contributed by atoms with Crippen molar-refractivity contribution in [3.8, 4) is 11.4 Å². The highest BCUT2D eigenvalue weighted by Crippen LogP contribution is 2.20. The quantitative estimate of drug-likeness (QED) is 0.471. The third-order valence-corrected chi connectivity index (χ3v) is 6.12. The van der Waals surface area contributed by atoms with Crippen LogP contribution < -0.4 is 10.9 Å². The van der Waals surface area contributed by atoms with Crippen molar-refractivity contribution in [2.75, 3.05) is 6.54 Å². The first-order valence-electron chi connectivity index (χ1n) is 11.2. The van der Waals surface area contributed by atoms with Crippen molar-refractivity contribution in [1.29, 1.82) is 0 Å². The predicted molar refractivity (Wildman–Crippen MR) is 129 cm³/mol. The number of fused-ring (bicyclic) bond motifs is 1. The van der Waals surface area contributed by atoms with E-state index in [2.05, 4.69) is 34.3 Å². The number of aryl methyl sites for hydroxylation is 4. The molecule has 33 heavy (non-hydrogen) atoms. The summed E-state index contributed by atoms with van der Waals surface area (Å²) in [7, 11) is 0. The Morgan fingerprint density at radius 2 is 1.82 bits per heavy atom. The minimum Gasteiger partial charge on any atom is -0.350 e. The van der Waals surface area contributed by atoms with Gasteiger partial charge in [0, 0.05) is 24.0 Å². The monoisotopic (exact) mass is 446 g/mol. The maximum absolute atomic E-state index is 12.9. The highest BCUT2D eigenvalue weighted by Gasteiger charge is 2.21. The maximum Gasteiger partial charge on any atom is 0.275 e. The minimum atomic E-state index is -0.292. The number of nitrogens with one attached hydrogen (secondary N) is 2. The van der Waals surface area contributed by atoms with Gasteiger partial charge < -0.3 is 10.3 Å². The van der Waals surface area contributed by atoms with E-state index in [9.17, 15) is 9.59 Å². The Morgan fingerprint density at radius 3 is 2.45 bits per heavy atom. The summed E-state index contributed by atoms with van der Waals surface area (Å²) >= 11 is 0. The van der Waals surface area contributed by atoms with Crippen molar-refractivity contribution >= 4 is 11.4 Å². The summed E-state index contributed by atoms with van der Waals surface area (Å²) in [5.74, 6) is 0.490. The van der Waals surface area contributed by atoms with Gasteiger partial charge in [0.2, 0.25) is 0 Å². The second-order valence-corrected chi connectivity index (χ2v) is 9.05. The molecule has 1 aromatic carbocycles. The Kier molecular flexibility index (Phi) is 5.93. The van der Waals surface area contributed by atoms with Gasteiger partial charge in [0.15, 0.2) is 5.82 Å². The lowest BCUT2D eigenvalue weighted by atomic mass is 10.0. The molecule has 8 nitrogen and oxygen atoms in total. The van der Waals surface area contributed by atoms with Crippen molar-refractivity contribution < 1.29 is 4.79 Å². The van der Waals surface area contributed by atoms with E-state index in [0.29, 0.717) is 23.4 Å². The van der Waals surface area contributed by atoms with Crippen LogP contribution in [0.15, 0.2) is 41.3 Å². The molecule has 1 amide bonds. The van der Waals surface area contributed by atoms with Crippen LogP contribution in [0.25, 0.3) is 16.9 Å². The Bertz CT molecular complexity index is 1390. The number of hydrogen-bond donors (Lipinski definition) is 2. The molecule has 0 radical (unpaired) electrons. The summed E-state index contributed by atoms with van der Waals surface area (Å²) in [6.07, 6.45) is 1.60. The molecule has 0 aliphatic heterocycles. The molecule has 0 aliphatic rings. The van der Waals surface area contributed by atoms with Crippen molar-refractivity contribution in [1.82, 2.24) is 29.7 Å². The zero-order valence-corrected chi connectivity index (χ0v) is 19.9. The molecule has 0 saturated heterocycles. The number of H-pyrrole nitrogens is 1. The fraction of sp³-hybridized carbons (Fsp3) is 0.360. The molecule has 172 valence electrons. The lowest BCUT2D eigenvalue weighted by Gasteiger charge is -2.23. The summed E-state index contributed by atoms with van der Waals surface area (Å²) in [6, 6.07) is 9.53. The molecule has 0 bridgehead atoms. The van der Waals surface area contributed by atoms with Crippen molar-refractivity contribution in [2.24, 2.45) is 5.92 Å². The van der Waals surface area contributed by atoms with E-state index in [4.69, 9.17) is 0 Å². The average Bonchev–Trinajstić information content (AvgIpc) is 3.33. The van der Waals surface area contributed by atoms with Crippen LogP contribution in [-0.2, 0) is 0 Å². The maximum atomic E-state index is 12.9. The van der Waals surface area contributed by atoms with E-state index in [1.54, 1.807) is 12.3 Å². The smallest absolute Gasteiger partial charge is 0.275 e. The fourth-order valence-corrected chi connectivity index (χ4v) is 4.04. The van der Waals surface area contributed by atoms with E-state index in [1.807, 2.05) is 56.6 Å². The number of aromatic amines is 1. The SMILES string of the molecule is Cc1cc(C)n(C(CNC(=O)c2cc3c(=O)[nH]c(-c4ccc(C)c(C)c4)nn3c2)C(C)C)n1. The Morgan fingerprint density at radius 1 is 1.06 bits per heavy atom. The van der Waals surface area contributed by atoms with Crippen molar-refractivity contribution in [3.05, 3.63) is 75.0 Å². The molecule has 3 aromatic heterocycles. The number of carbonyl (C=O) groups excluding carboxylic acids is 1. The molecule has 8 heteroatoms. The minimum absolute atomic E-state index is 0.0255. The Balaban J connectivity index is 1.58. The molecule has 4 rings (SSSR count). The summed E-state index contributed by atoms with van der Waals surface area (Å²) in [5.41, 5.74) is 5.54. The molecular weight excluding hydrogens is 416 g/mol. The third-order valence-electron chi connectivity index (χ3n) is 6.12. The van der Waals surface area contributed by atoms with Gasteiger partial charge in [-0.1, -0.05) is 26.0 Å². The molecule has 0 aliphatic carbocycles. The highest BCUT2D eigenvalue weighted by molar-refractivity contribution is 5.95. The van der Waals surface area contributed by atoms with Crippen LogP contribution in [-0.4, -0.2) is 36.8 Å². The summed E-state index contributed by atoms with van der Waals surface area (Å²) in [4.78, 5) is 28.4. The normalized spacial score (nSPS) is 12.5. The molecule has 0 saturated carbocycles. The van der Waals surface area contributed by atoms with Gasteiger partial charge in [-0.2, -0.15) is 5.10 Å². The lowest BCUT2D eigenvalue weighted by molar-refractivity contribution is 0.0942. The summed E-state index contributed by atoms with van der Waals surface area (Å²) < 4.78 is 3.44. The Hall–Kier alpha value is -3.68. The van der Waals surface area contributed by atoms with Gasteiger partial charge in [-0.15, -0.1) is 5.10 Å². The number of carbonyl (C=O) groups is 1. The van der Waals surface area contributed by atoms with Gasteiger partial charge in [-0.25, -0.2) is 4.52 Å². The zero-order valence-electron chi connectivity index (χ0n) is 19.9. The van der Waals surface area contributed by atoms with Crippen LogP contribution in [0.3, 0.4) is 0 Å². The van der Waals surface area contributed by atoms with Crippen molar-refractivity contribution in [3.63, 3.8) is 0 Å². The van der Waals surface area contributed by atoms with Crippen LogP contribution in [0.1, 0.15) is 52.8 Å². The molecule has 4 aromatic rings. The van der Waals surface area contributed by atoms with E-state index >= 15 is 0 Å². The standard InChI is InChI=1S/C25H30N6O2/c1-14(2)22(31-18(6)10-17(5)28-31)12-26-24(32)20-11-21-25(33)27-23(29-30(21)13-20)19-8-7-15(3)16(4)9-19/h7-11,13-14,22H,12H2,1-6H3,(H,26,32)(H,27,29,33). The van der Waals surface area contributed by atoms with Gasteiger partial charge in [-0.05, 0) is 62.9 Å². The van der Waals surface area contributed by atoms with Crippen LogP contribution in [0.5, 0.6) is 0 Å². The summed E-state index contributed by atoms with van der Waals surface area (Å²) in [6.45, 7) is 12.7. The molecule has 0 fully saturated rings.